The second-order valence-corrected chi connectivity index (χ2v) is 20.3. The van der Waals surface area contributed by atoms with Gasteiger partial charge in [0.15, 0.2) is 0 Å². The molecule has 0 saturated carbocycles. The maximum absolute atomic E-state index is 13.9. The summed E-state index contributed by atoms with van der Waals surface area (Å²) in [7, 11) is 1.77. The minimum atomic E-state index is -0.402. The molecule has 0 saturated heterocycles. The number of nitrogens with one attached hydrogen (secondary N) is 1. The van der Waals surface area contributed by atoms with Crippen molar-refractivity contribution in [2.75, 3.05) is 13.7 Å². The molecule has 0 aromatic rings. The van der Waals surface area contributed by atoms with E-state index in [1.807, 2.05) is 0 Å². The van der Waals surface area contributed by atoms with Crippen molar-refractivity contribution in [2.24, 2.45) is 10.8 Å². The summed E-state index contributed by atoms with van der Waals surface area (Å²) in [6.45, 7) is 23.0. The molecule has 0 aliphatic heterocycles. The Morgan fingerprint density at radius 1 is 0.481 bits per heavy atom. The zero-order valence-electron chi connectivity index (χ0n) is 39.1. The number of ether oxygens (including phenoxy) is 2. The first kappa shape index (κ1) is 53.4. The molecule has 0 aromatic heterocycles. The quantitative estimate of drug-likeness (QED) is 0.0632. The minimum Gasteiger partial charge on any atom is -0.379 e. The van der Waals surface area contributed by atoms with Crippen molar-refractivity contribution < 1.29 is 14.3 Å². The molecule has 324 valence electrons. The van der Waals surface area contributed by atoms with E-state index >= 15 is 0 Å². The molecule has 54 heavy (non-hydrogen) atoms. The van der Waals surface area contributed by atoms with E-state index in [0.717, 1.165) is 38.5 Å². The van der Waals surface area contributed by atoms with E-state index in [2.05, 4.69) is 74.6 Å². The molecule has 1 N–H and O–H groups in total. The van der Waals surface area contributed by atoms with Crippen molar-refractivity contribution in [3.8, 4) is 0 Å². The van der Waals surface area contributed by atoms with Crippen LogP contribution in [0.4, 0.5) is 0 Å². The number of rotatable bonds is 40. The first-order chi connectivity index (χ1) is 25.6. The van der Waals surface area contributed by atoms with Crippen LogP contribution in [0.25, 0.3) is 0 Å². The summed E-state index contributed by atoms with van der Waals surface area (Å²) in [5.74, 6) is 0.252. The highest BCUT2D eigenvalue weighted by Crippen LogP contribution is 2.39. The van der Waals surface area contributed by atoms with Crippen LogP contribution in [0.3, 0.4) is 0 Å². The third-order valence-electron chi connectivity index (χ3n) is 12.3. The lowest BCUT2D eigenvalue weighted by Crippen LogP contribution is -2.45. The number of carbonyl (C=O) groups excluding carboxylic acids is 1. The molecule has 0 fully saturated rings. The van der Waals surface area contributed by atoms with Gasteiger partial charge in [0, 0.05) is 18.6 Å². The maximum atomic E-state index is 13.9. The van der Waals surface area contributed by atoms with Gasteiger partial charge in [-0.25, -0.2) is 0 Å². The van der Waals surface area contributed by atoms with Gasteiger partial charge in [-0.1, -0.05) is 208 Å². The van der Waals surface area contributed by atoms with Crippen LogP contribution in [-0.2, 0) is 14.3 Å². The molecule has 0 atom stereocenters. The van der Waals surface area contributed by atoms with Gasteiger partial charge in [0.1, 0.15) is 0 Å². The highest BCUT2D eigenvalue weighted by molar-refractivity contribution is 5.82. The number of methoxy groups -OCH3 is 1. The zero-order valence-corrected chi connectivity index (χ0v) is 39.1. The molecule has 0 unspecified atom stereocenters. The van der Waals surface area contributed by atoms with Gasteiger partial charge in [-0.15, -0.1) is 0 Å². The average Bonchev–Trinajstić information content (AvgIpc) is 3.10. The fourth-order valence-electron chi connectivity index (χ4n) is 8.24. The molecule has 0 aliphatic carbocycles. The van der Waals surface area contributed by atoms with Gasteiger partial charge in [0.2, 0.25) is 5.91 Å². The van der Waals surface area contributed by atoms with Gasteiger partial charge >= 0.3 is 0 Å². The van der Waals surface area contributed by atoms with Crippen molar-refractivity contribution in [3.63, 3.8) is 0 Å². The average molecular weight is 764 g/mol. The Kier molecular flexibility index (Phi) is 32.0. The van der Waals surface area contributed by atoms with Crippen molar-refractivity contribution in [2.45, 2.75) is 292 Å². The Morgan fingerprint density at radius 3 is 1.19 bits per heavy atom. The van der Waals surface area contributed by atoms with Crippen LogP contribution < -0.4 is 5.32 Å². The third-order valence-corrected chi connectivity index (χ3v) is 12.3. The van der Waals surface area contributed by atoms with Crippen LogP contribution in [0.15, 0.2) is 0 Å². The standard InChI is InChI=1S/C50H101NO3/c1-12-14-16-18-20-22-24-26-28-30-32-34-36-38-45(39-37-35-33-31-29-27-25-23-21-19-17-15-13-2)51-46(52)48(5,6)44-47(3,4)40-41-50(9,10)54-43-42-49(7,8)53-11/h45H,12-44H2,1-11H3,(H,51,52). The normalized spacial score (nSPS) is 13.0. The van der Waals surface area contributed by atoms with Gasteiger partial charge in [0.25, 0.3) is 0 Å². The fraction of sp³-hybridized carbons (Fsp3) is 0.980. The number of amides is 1. The lowest BCUT2D eigenvalue weighted by molar-refractivity contribution is -0.132. The van der Waals surface area contributed by atoms with Gasteiger partial charge in [-0.05, 0) is 71.6 Å². The summed E-state index contributed by atoms with van der Waals surface area (Å²) >= 11 is 0. The lowest BCUT2D eigenvalue weighted by atomic mass is 9.71. The second kappa shape index (κ2) is 32.4. The van der Waals surface area contributed by atoms with Gasteiger partial charge in [-0.3, -0.25) is 4.79 Å². The van der Waals surface area contributed by atoms with Crippen LogP contribution in [0.1, 0.15) is 275 Å². The van der Waals surface area contributed by atoms with E-state index in [-0.39, 0.29) is 22.5 Å². The maximum Gasteiger partial charge on any atom is 0.225 e. The van der Waals surface area contributed by atoms with E-state index in [0.29, 0.717) is 12.6 Å². The first-order valence-electron chi connectivity index (χ1n) is 24.1. The third kappa shape index (κ3) is 32.5. The van der Waals surface area contributed by atoms with Gasteiger partial charge in [-0.2, -0.15) is 0 Å². The summed E-state index contributed by atoms with van der Waals surface area (Å²) in [6.07, 6.45) is 42.0. The molecule has 4 heteroatoms. The Bertz CT molecular complexity index is 817. The summed E-state index contributed by atoms with van der Waals surface area (Å²) in [5.41, 5.74) is -0.710. The first-order valence-corrected chi connectivity index (χ1v) is 24.1. The predicted octanol–water partition coefficient (Wildman–Crippen LogP) is 16.3. The molecule has 0 spiro atoms. The Hall–Kier alpha value is -0.610. The molecule has 0 radical (unpaired) electrons. The minimum absolute atomic E-state index is 0.0485. The number of unbranched alkanes of at least 4 members (excludes halogenated alkanes) is 24. The van der Waals surface area contributed by atoms with Gasteiger partial charge < -0.3 is 14.8 Å². The van der Waals surface area contributed by atoms with Crippen molar-refractivity contribution in [1.29, 1.82) is 0 Å². The molecule has 0 heterocycles. The highest BCUT2D eigenvalue weighted by Gasteiger charge is 2.36. The highest BCUT2D eigenvalue weighted by atomic mass is 16.5. The smallest absolute Gasteiger partial charge is 0.225 e. The predicted molar refractivity (Wildman–Crippen MR) is 240 cm³/mol. The van der Waals surface area contributed by atoms with E-state index in [1.54, 1.807) is 7.11 Å². The Balaban J connectivity index is 4.80. The molecule has 0 bridgehead atoms. The van der Waals surface area contributed by atoms with Crippen molar-refractivity contribution in [1.82, 2.24) is 5.32 Å². The lowest BCUT2D eigenvalue weighted by Gasteiger charge is -2.37. The monoisotopic (exact) mass is 764 g/mol. The number of hydrogen-bond acceptors (Lipinski definition) is 3. The largest absolute Gasteiger partial charge is 0.379 e. The van der Waals surface area contributed by atoms with Crippen molar-refractivity contribution >= 4 is 5.91 Å². The summed E-state index contributed by atoms with van der Waals surface area (Å²) < 4.78 is 11.9. The Morgan fingerprint density at radius 2 is 0.833 bits per heavy atom. The molecule has 1 amide bonds. The zero-order chi connectivity index (χ0) is 40.6. The summed E-state index contributed by atoms with van der Waals surface area (Å²) in [6, 6.07) is 0.309. The van der Waals surface area contributed by atoms with Crippen LogP contribution in [-0.4, -0.2) is 36.9 Å². The molecular weight excluding hydrogens is 663 g/mol. The topological polar surface area (TPSA) is 47.6 Å². The molecule has 0 aromatic carbocycles. The number of hydrogen-bond donors (Lipinski definition) is 1. The van der Waals surface area contributed by atoms with E-state index in [4.69, 9.17) is 9.47 Å². The second-order valence-electron chi connectivity index (χ2n) is 20.3. The fourth-order valence-corrected chi connectivity index (χ4v) is 8.24. The van der Waals surface area contributed by atoms with E-state index in [9.17, 15) is 4.79 Å². The van der Waals surface area contributed by atoms with Gasteiger partial charge in [0.05, 0.1) is 17.8 Å². The van der Waals surface area contributed by atoms with Crippen LogP contribution in [0, 0.1) is 10.8 Å². The van der Waals surface area contributed by atoms with Crippen molar-refractivity contribution in [3.05, 3.63) is 0 Å². The SMILES string of the molecule is CCCCCCCCCCCCCCCC(CCCCCCCCCCCCCCC)NC(=O)C(C)(C)CC(C)(C)CCC(C)(C)OCCC(C)(C)OC. The summed E-state index contributed by atoms with van der Waals surface area (Å²) in [5, 5.41) is 3.61. The molecule has 4 nitrogen and oxygen atoms in total. The van der Waals surface area contributed by atoms with Crippen LogP contribution >= 0.6 is 0 Å². The van der Waals surface area contributed by atoms with Crippen LogP contribution in [0.5, 0.6) is 0 Å². The Labute approximate surface area is 341 Å². The summed E-state index contributed by atoms with van der Waals surface area (Å²) in [4.78, 5) is 13.9. The molecule has 0 aliphatic rings. The van der Waals surface area contributed by atoms with E-state index < -0.39 is 5.41 Å². The van der Waals surface area contributed by atoms with E-state index in [1.165, 1.54) is 167 Å². The molecule has 0 rings (SSSR count). The number of carbonyl (C=O) groups is 1. The van der Waals surface area contributed by atoms with Crippen LogP contribution in [0.2, 0.25) is 0 Å². The molecular formula is C50H101NO3.